The summed E-state index contributed by atoms with van der Waals surface area (Å²) in [6.07, 6.45) is 11.8. The molecule has 0 spiro atoms. The van der Waals surface area contributed by atoms with Crippen LogP contribution in [0.3, 0.4) is 0 Å². The van der Waals surface area contributed by atoms with E-state index in [4.69, 9.17) is 4.98 Å². The molecular weight excluding hydrogens is 450 g/mol. The van der Waals surface area contributed by atoms with E-state index >= 15 is 0 Å². The van der Waals surface area contributed by atoms with Gasteiger partial charge in [-0.05, 0) is 36.8 Å². The fourth-order valence-corrected chi connectivity index (χ4v) is 4.38. The van der Waals surface area contributed by atoms with Gasteiger partial charge in [0.25, 0.3) is 5.91 Å². The topological polar surface area (TPSA) is 46.9 Å². The number of nitrogens with zero attached hydrogens (tertiary/aromatic N) is 2. The summed E-state index contributed by atoms with van der Waals surface area (Å²) in [5, 5.41) is 3.04. The second kappa shape index (κ2) is 12.7. The zero-order chi connectivity index (χ0) is 21.9. The zero-order valence-corrected chi connectivity index (χ0v) is 20.2. The van der Waals surface area contributed by atoms with E-state index in [9.17, 15) is 4.79 Å². The number of aromatic nitrogens is 2. The number of para-hydroxylation sites is 2. The third-order valence-electron chi connectivity index (χ3n) is 5.71. The lowest BCUT2D eigenvalue weighted by atomic mass is 10.1. The molecule has 166 valence electrons. The van der Waals surface area contributed by atoms with Crippen molar-refractivity contribution in [2.75, 3.05) is 0 Å². The van der Waals surface area contributed by atoms with Crippen molar-refractivity contribution in [3.8, 4) is 0 Å². The molecular formula is C26H34BrN3O. The van der Waals surface area contributed by atoms with Crippen molar-refractivity contribution in [1.29, 1.82) is 0 Å². The number of carbonyl (C=O) groups is 1. The third kappa shape index (κ3) is 7.20. The second-order valence-electron chi connectivity index (χ2n) is 8.19. The summed E-state index contributed by atoms with van der Waals surface area (Å²) in [7, 11) is 0. The Labute approximate surface area is 194 Å². The number of aryl methyl sites for hydroxylation is 1. The lowest BCUT2D eigenvalue weighted by Gasteiger charge is -2.11. The molecule has 4 nitrogen and oxygen atoms in total. The molecule has 2 aromatic carbocycles. The number of fused-ring (bicyclic) bond motifs is 1. The van der Waals surface area contributed by atoms with Gasteiger partial charge in [-0.25, -0.2) is 4.98 Å². The molecule has 1 N–H and O–H groups in total. The summed E-state index contributed by atoms with van der Waals surface area (Å²) in [6.45, 7) is 3.64. The molecule has 0 aliphatic carbocycles. The first-order valence-corrected chi connectivity index (χ1v) is 12.5. The molecule has 3 aromatic rings. The van der Waals surface area contributed by atoms with Crippen LogP contribution in [0, 0.1) is 0 Å². The van der Waals surface area contributed by atoms with Crippen LogP contribution < -0.4 is 5.32 Å². The average molecular weight is 484 g/mol. The molecule has 0 aliphatic rings. The van der Waals surface area contributed by atoms with Crippen LogP contribution in [0.1, 0.15) is 80.9 Å². The van der Waals surface area contributed by atoms with E-state index in [0.717, 1.165) is 34.3 Å². The monoisotopic (exact) mass is 483 g/mol. The molecule has 0 saturated carbocycles. The highest BCUT2D eigenvalue weighted by atomic mass is 79.9. The van der Waals surface area contributed by atoms with Crippen molar-refractivity contribution in [3.63, 3.8) is 0 Å². The van der Waals surface area contributed by atoms with Gasteiger partial charge in [-0.1, -0.05) is 92.4 Å². The number of halogens is 1. The Hall–Kier alpha value is -2.14. The Kier molecular flexibility index (Phi) is 9.60. The van der Waals surface area contributed by atoms with Crippen LogP contribution in [0.15, 0.2) is 53.0 Å². The van der Waals surface area contributed by atoms with Crippen molar-refractivity contribution < 1.29 is 4.79 Å². The average Bonchev–Trinajstić information content (AvgIpc) is 3.14. The molecule has 31 heavy (non-hydrogen) atoms. The zero-order valence-electron chi connectivity index (χ0n) is 18.6. The van der Waals surface area contributed by atoms with Crippen molar-refractivity contribution in [2.45, 2.75) is 77.8 Å². The molecule has 0 aliphatic heterocycles. The van der Waals surface area contributed by atoms with Gasteiger partial charge >= 0.3 is 0 Å². The predicted molar refractivity (Wildman–Crippen MR) is 132 cm³/mol. The number of imidazole rings is 1. The Morgan fingerprint density at radius 3 is 2.39 bits per heavy atom. The lowest BCUT2D eigenvalue weighted by molar-refractivity contribution is 0.0949. The van der Waals surface area contributed by atoms with Crippen LogP contribution in [-0.4, -0.2) is 15.5 Å². The van der Waals surface area contributed by atoms with Crippen LogP contribution in [0.25, 0.3) is 11.0 Å². The molecule has 0 bridgehead atoms. The Bertz CT molecular complexity index is 966. The molecule has 5 heteroatoms. The van der Waals surface area contributed by atoms with Gasteiger partial charge in [-0.2, -0.15) is 0 Å². The number of unbranched alkanes of at least 4 members (excludes halogenated alkanes) is 8. The highest BCUT2D eigenvalue weighted by Gasteiger charge is 2.12. The van der Waals surface area contributed by atoms with Crippen LogP contribution in [0.5, 0.6) is 0 Å². The second-order valence-corrected chi connectivity index (χ2v) is 9.11. The van der Waals surface area contributed by atoms with E-state index in [2.05, 4.69) is 44.9 Å². The van der Waals surface area contributed by atoms with Gasteiger partial charge < -0.3 is 9.88 Å². The summed E-state index contributed by atoms with van der Waals surface area (Å²) in [5.74, 6) is 0.840. The van der Waals surface area contributed by atoms with Gasteiger partial charge in [0, 0.05) is 16.6 Å². The SMILES string of the molecule is CCCCCCCCCCCn1c(CNC(=O)c2cccc(Br)c2)nc2ccccc21. The van der Waals surface area contributed by atoms with Gasteiger partial charge in [-0.3, -0.25) is 4.79 Å². The minimum atomic E-state index is -0.0806. The van der Waals surface area contributed by atoms with Crippen molar-refractivity contribution >= 4 is 32.9 Å². The smallest absolute Gasteiger partial charge is 0.251 e. The molecule has 0 unspecified atom stereocenters. The van der Waals surface area contributed by atoms with Crippen LogP contribution >= 0.6 is 15.9 Å². The summed E-state index contributed by atoms with van der Waals surface area (Å²) in [6, 6.07) is 15.7. The molecule has 0 atom stereocenters. The van der Waals surface area contributed by atoms with E-state index < -0.39 is 0 Å². The minimum absolute atomic E-state index is 0.0806. The van der Waals surface area contributed by atoms with Gasteiger partial charge in [0.1, 0.15) is 5.82 Å². The number of nitrogens with one attached hydrogen (secondary N) is 1. The first-order chi connectivity index (χ1) is 15.2. The van der Waals surface area contributed by atoms with E-state index in [1.165, 1.54) is 51.4 Å². The predicted octanol–water partition coefficient (Wildman–Crippen LogP) is 7.26. The fourth-order valence-electron chi connectivity index (χ4n) is 3.98. The molecule has 1 amide bonds. The minimum Gasteiger partial charge on any atom is -0.345 e. The van der Waals surface area contributed by atoms with Crippen LogP contribution in [-0.2, 0) is 13.1 Å². The Morgan fingerprint density at radius 2 is 1.65 bits per heavy atom. The lowest BCUT2D eigenvalue weighted by Crippen LogP contribution is -2.24. The maximum absolute atomic E-state index is 12.6. The van der Waals surface area contributed by atoms with Gasteiger partial charge in [0.2, 0.25) is 0 Å². The van der Waals surface area contributed by atoms with E-state index in [1.807, 2.05) is 36.4 Å². The fraction of sp³-hybridized carbons (Fsp3) is 0.462. The van der Waals surface area contributed by atoms with E-state index in [0.29, 0.717) is 12.1 Å². The number of amides is 1. The van der Waals surface area contributed by atoms with Crippen LogP contribution in [0.2, 0.25) is 0 Å². The normalized spacial score (nSPS) is 11.2. The molecule has 0 fully saturated rings. The number of rotatable bonds is 13. The quantitative estimate of drug-likeness (QED) is 0.260. The molecule has 3 rings (SSSR count). The highest BCUT2D eigenvalue weighted by molar-refractivity contribution is 9.10. The largest absolute Gasteiger partial charge is 0.345 e. The van der Waals surface area contributed by atoms with Crippen molar-refractivity contribution in [2.24, 2.45) is 0 Å². The maximum Gasteiger partial charge on any atom is 0.251 e. The van der Waals surface area contributed by atoms with Crippen molar-refractivity contribution in [1.82, 2.24) is 14.9 Å². The van der Waals surface area contributed by atoms with Gasteiger partial charge in [0.15, 0.2) is 0 Å². The summed E-state index contributed by atoms with van der Waals surface area (Å²) in [5.41, 5.74) is 2.79. The summed E-state index contributed by atoms with van der Waals surface area (Å²) < 4.78 is 3.18. The Morgan fingerprint density at radius 1 is 0.935 bits per heavy atom. The van der Waals surface area contributed by atoms with E-state index in [1.54, 1.807) is 0 Å². The number of carbonyl (C=O) groups excluding carboxylic acids is 1. The highest BCUT2D eigenvalue weighted by Crippen LogP contribution is 2.18. The molecule has 0 radical (unpaired) electrons. The summed E-state index contributed by atoms with van der Waals surface area (Å²) >= 11 is 3.43. The van der Waals surface area contributed by atoms with Gasteiger partial charge in [0.05, 0.1) is 17.6 Å². The van der Waals surface area contributed by atoms with Crippen molar-refractivity contribution in [3.05, 3.63) is 64.4 Å². The number of hydrogen-bond donors (Lipinski definition) is 1. The first-order valence-electron chi connectivity index (χ1n) is 11.7. The van der Waals surface area contributed by atoms with Gasteiger partial charge in [-0.15, -0.1) is 0 Å². The standard InChI is InChI=1S/C26H34BrN3O/c1-2-3-4-5-6-7-8-9-12-18-30-24-17-11-10-16-23(24)29-25(30)20-28-26(31)21-14-13-15-22(27)19-21/h10-11,13-17,19H,2-9,12,18,20H2,1H3,(H,28,31). The molecule has 1 heterocycles. The molecule has 1 aromatic heterocycles. The Balaban J connectivity index is 1.54. The number of hydrogen-bond acceptors (Lipinski definition) is 2. The molecule has 0 saturated heterocycles. The third-order valence-corrected chi connectivity index (χ3v) is 6.21. The van der Waals surface area contributed by atoms with Crippen LogP contribution in [0.4, 0.5) is 0 Å². The number of benzene rings is 2. The summed E-state index contributed by atoms with van der Waals surface area (Å²) in [4.78, 5) is 17.3. The maximum atomic E-state index is 12.6. The first kappa shape index (κ1) is 23.5. The van der Waals surface area contributed by atoms with E-state index in [-0.39, 0.29) is 5.91 Å².